The van der Waals surface area contributed by atoms with Crippen LogP contribution < -0.4 is 10.6 Å². The molecule has 0 saturated carbocycles. The molecule has 0 aliphatic heterocycles. The lowest BCUT2D eigenvalue weighted by Gasteiger charge is -2.11. The second-order valence-electron chi connectivity index (χ2n) is 3.81. The van der Waals surface area contributed by atoms with Gasteiger partial charge in [0.15, 0.2) is 0 Å². The van der Waals surface area contributed by atoms with E-state index in [1.807, 2.05) is 6.92 Å². The van der Waals surface area contributed by atoms with Crippen LogP contribution in [0.5, 0.6) is 0 Å². The van der Waals surface area contributed by atoms with E-state index in [2.05, 4.69) is 17.6 Å². The van der Waals surface area contributed by atoms with Crippen molar-refractivity contribution >= 4 is 5.91 Å². The summed E-state index contributed by atoms with van der Waals surface area (Å²) in [5, 5.41) is 14.6. The van der Waals surface area contributed by atoms with Gasteiger partial charge in [-0.15, -0.1) is 0 Å². The molecule has 0 aliphatic rings. The minimum Gasteiger partial charge on any atom is -0.396 e. The average Bonchev–Trinajstić information content (AvgIpc) is 2.23. The molecule has 0 fully saturated rings. The van der Waals surface area contributed by atoms with Crippen molar-refractivity contribution in [3.05, 3.63) is 0 Å². The van der Waals surface area contributed by atoms with Crippen LogP contribution in [0, 0.1) is 0 Å². The van der Waals surface area contributed by atoms with Gasteiger partial charge in [0.25, 0.3) is 0 Å². The molecule has 0 aromatic rings. The number of hydrogen-bond donors (Lipinski definition) is 3. The SMILES string of the molecule is CCC(C)NC(=O)CCNCCCCO. The molecule has 90 valence electrons. The van der Waals surface area contributed by atoms with Crippen LogP contribution in [-0.4, -0.2) is 36.8 Å². The van der Waals surface area contributed by atoms with Gasteiger partial charge in [0.1, 0.15) is 0 Å². The highest BCUT2D eigenvalue weighted by Crippen LogP contribution is 1.89. The third-order valence-electron chi connectivity index (χ3n) is 2.31. The lowest BCUT2D eigenvalue weighted by Crippen LogP contribution is -2.34. The maximum absolute atomic E-state index is 11.3. The summed E-state index contributed by atoms with van der Waals surface area (Å²) in [6, 6.07) is 0.270. The highest BCUT2D eigenvalue weighted by Gasteiger charge is 2.03. The molecule has 0 aromatic heterocycles. The fraction of sp³-hybridized carbons (Fsp3) is 0.909. The van der Waals surface area contributed by atoms with Crippen LogP contribution in [0.3, 0.4) is 0 Å². The molecule has 4 nitrogen and oxygen atoms in total. The molecule has 15 heavy (non-hydrogen) atoms. The Morgan fingerprint density at radius 1 is 1.33 bits per heavy atom. The van der Waals surface area contributed by atoms with Crippen LogP contribution in [0.1, 0.15) is 39.5 Å². The van der Waals surface area contributed by atoms with E-state index < -0.39 is 0 Å². The molecule has 0 saturated heterocycles. The number of nitrogens with one attached hydrogen (secondary N) is 2. The standard InChI is InChI=1S/C11H24N2O2/c1-3-10(2)13-11(15)6-8-12-7-4-5-9-14/h10,12,14H,3-9H2,1-2H3,(H,13,15). The molecule has 3 N–H and O–H groups in total. The molecule has 1 unspecified atom stereocenters. The molecular formula is C11H24N2O2. The molecule has 4 heteroatoms. The summed E-state index contributed by atoms with van der Waals surface area (Å²) in [4.78, 5) is 11.3. The number of amides is 1. The number of aliphatic hydroxyl groups excluding tert-OH is 1. The second-order valence-corrected chi connectivity index (χ2v) is 3.81. The van der Waals surface area contributed by atoms with E-state index in [0.29, 0.717) is 13.0 Å². The first kappa shape index (κ1) is 14.4. The molecule has 1 atom stereocenters. The average molecular weight is 216 g/mol. The van der Waals surface area contributed by atoms with Gasteiger partial charge < -0.3 is 15.7 Å². The molecule has 0 radical (unpaired) electrons. The van der Waals surface area contributed by atoms with Crippen LogP contribution in [0.15, 0.2) is 0 Å². The lowest BCUT2D eigenvalue weighted by atomic mass is 10.2. The van der Waals surface area contributed by atoms with Crippen molar-refractivity contribution in [3.63, 3.8) is 0 Å². The molecule has 0 rings (SSSR count). The Morgan fingerprint density at radius 3 is 2.67 bits per heavy atom. The molecule has 0 aliphatic carbocycles. The Bertz CT molecular complexity index is 163. The van der Waals surface area contributed by atoms with E-state index in [4.69, 9.17) is 5.11 Å². The predicted molar refractivity (Wildman–Crippen MR) is 61.7 cm³/mol. The minimum absolute atomic E-state index is 0.110. The van der Waals surface area contributed by atoms with Crippen LogP contribution >= 0.6 is 0 Å². The van der Waals surface area contributed by atoms with Gasteiger partial charge in [-0.05, 0) is 32.7 Å². The zero-order valence-corrected chi connectivity index (χ0v) is 9.88. The van der Waals surface area contributed by atoms with Crippen LogP contribution in [-0.2, 0) is 4.79 Å². The third kappa shape index (κ3) is 9.69. The number of carbonyl (C=O) groups is 1. The van der Waals surface area contributed by atoms with Crippen molar-refractivity contribution in [1.29, 1.82) is 0 Å². The quantitative estimate of drug-likeness (QED) is 0.496. The zero-order chi connectivity index (χ0) is 11.5. The normalized spacial score (nSPS) is 12.5. The fourth-order valence-electron chi connectivity index (χ4n) is 1.14. The van der Waals surface area contributed by atoms with Crippen molar-refractivity contribution in [1.82, 2.24) is 10.6 Å². The summed E-state index contributed by atoms with van der Waals surface area (Å²) < 4.78 is 0. The first-order valence-corrected chi connectivity index (χ1v) is 5.81. The Hall–Kier alpha value is -0.610. The van der Waals surface area contributed by atoms with Gasteiger partial charge in [-0.2, -0.15) is 0 Å². The Labute approximate surface area is 92.4 Å². The van der Waals surface area contributed by atoms with Crippen molar-refractivity contribution in [3.8, 4) is 0 Å². The summed E-state index contributed by atoms with van der Waals surface area (Å²) in [5.41, 5.74) is 0. The van der Waals surface area contributed by atoms with Crippen molar-refractivity contribution in [2.45, 2.75) is 45.6 Å². The van der Waals surface area contributed by atoms with Crippen molar-refractivity contribution < 1.29 is 9.90 Å². The maximum Gasteiger partial charge on any atom is 0.221 e. The number of hydrogen-bond acceptors (Lipinski definition) is 3. The van der Waals surface area contributed by atoms with Gasteiger partial charge in [0.05, 0.1) is 0 Å². The summed E-state index contributed by atoms with van der Waals surface area (Å²) in [7, 11) is 0. The van der Waals surface area contributed by atoms with E-state index >= 15 is 0 Å². The van der Waals surface area contributed by atoms with Gasteiger partial charge in [-0.3, -0.25) is 4.79 Å². The van der Waals surface area contributed by atoms with Gasteiger partial charge in [-0.25, -0.2) is 0 Å². The molecule has 0 aromatic carbocycles. The minimum atomic E-state index is 0.110. The predicted octanol–water partition coefficient (Wildman–Crippen LogP) is 0.653. The Balaban J connectivity index is 3.24. The molecule has 0 bridgehead atoms. The molecule has 0 heterocycles. The Morgan fingerprint density at radius 2 is 2.07 bits per heavy atom. The van der Waals surface area contributed by atoms with E-state index in [1.54, 1.807) is 0 Å². The summed E-state index contributed by atoms with van der Waals surface area (Å²) in [6.07, 6.45) is 3.29. The van der Waals surface area contributed by atoms with Crippen molar-refractivity contribution in [2.24, 2.45) is 0 Å². The van der Waals surface area contributed by atoms with Gasteiger partial charge in [0.2, 0.25) is 5.91 Å². The first-order chi connectivity index (χ1) is 7.20. The molecular weight excluding hydrogens is 192 g/mol. The Kier molecular flexibility index (Phi) is 9.52. The maximum atomic E-state index is 11.3. The van der Waals surface area contributed by atoms with Crippen LogP contribution in [0.4, 0.5) is 0 Å². The van der Waals surface area contributed by atoms with E-state index in [0.717, 1.165) is 25.8 Å². The molecule has 0 spiro atoms. The summed E-state index contributed by atoms with van der Waals surface area (Å²) in [6.45, 7) is 5.89. The highest BCUT2D eigenvalue weighted by atomic mass is 16.2. The van der Waals surface area contributed by atoms with E-state index in [-0.39, 0.29) is 18.6 Å². The second kappa shape index (κ2) is 9.93. The zero-order valence-electron chi connectivity index (χ0n) is 9.88. The number of aliphatic hydroxyl groups is 1. The largest absolute Gasteiger partial charge is 0.396 e. The number of unbranched alkanes of at least 4 members (excludes halogenated alkanes) is 1. The monoisotopic (exact) mass is 216 g/mol. The van der Waals surface area contributed by atoms with Crippen LogP contribution in [0.25, 0.3) is 0 Å². The third-order valence-corrected chi connectivity index (χ3v) is 2.31. The highest BCUT2D eigenvalue weighted by molar-refractivity contribution is 5.76. The summed E-state index contributed by atoms with van der Waals surface area (Å²) >= 11 is 0. The first-order valence-electron chi connectivity index (χ1n) is 5.81. The smallest absolute Gasteiger partial charge is 0.221 e. The van der Waals surface area contributed by atoms with Gasteiger partial charge in [0, 0.05) is 25.6 Å². The topological polar surface area (TPSA) is 61.4 Å². The van der Waals surface area contributed by atoms with E-state index in [9.17, 15) is 4.79 Å². The lowest BCUT2D eigenvalue weighted by molar-refractivity contribution is -0.121. The van der Waals surface area contributed by atoms with Gasteiger partial charge in [-0.1, -0.05) is 6.92 Å². The van der Waals surface area contributed by atoms with Gasteiger partial charge >= 0.3 is 0 Å². The summed E-state index contributed by atoms with van der Waals surface area (Å²) in [5.74, 6) is 0.110. The molecule has 1 amide bonds. The number of carbonyl (C=O) groups excluding carboxylic acids is 1. The fourth-order valence-corrected chi connectivity index (χ4v) is 1.14. The van der Waals surface area contributed by atoms with E-state index in [1.165, 1.54) is 0 Å². The van der Waals surface area contributed by atoms with Crippen LogP contribution in [0.2, 0.25) is 0 Å². The van der Waals surface area contributed by atoms with Crippen molar-refractivity contribution in [2.75, 3.05) is 19.7 Å². The number of rotatable bonds is 9.